The number of hydrogen-bond donors (Lipinski definition) is 4. The molecule has 2 rings (SSSR count). The number of aromatic amines is 1. The molecule has 0 aromatic carbocycles. The van der Waals surface area contributed by atoms with Gasteiger partial charge in [0.1, 0.15) is 17.9 Å². The maximum Gasteiger partial charge on any atom is 0.261 e. The maximum atomic E-state index is 11.6. The lowest BCUT2D eigenvalue weighted by Crippen LogP contribution is -2.34. The molecule has 0 aliphatic rings. The van der Waals surface area contributed by atoms with Gasteiger partial charge in [0, 0.05) is 13.3 Å². The Balaban J connectivity index is 2.34. The van der Waals surface area contributed by atoms with Crippen molar-refractivity contribution in [1.29, 1.82) is 0 Å². The predicted octanol–water partition coefficient (Wildman–Crippen LogP) is -1.32. The number of nitrogens with zero attached hydrogens (tertiary/aromatic N) is 2. The Kier molecular flexibility index (Phi) is 3.84. The van der Waals surface area contributed by atoms with Crippen LogP contribution in [0.25, 0.3) is 11.0 Å². The van der Waals surface area contributed by atoms with Crippen molar-refractivity contribution in [1.82, 2.24) is 14.5 Å². The van der Waals surface area contributed by atoms with Crippen LogP contribution >= 0.6 is 0 Å². The Labute approximate surface area is 108 Å². The van der Waals surface area contributed by atoms with E-state index >= 15 is 0 Å². The molecule has 8 heteroatoms. The Bertz CT molecular complexity index is 617. The fourth-order valence-corrected chi connectivity index (χ4v) is 1.91. The third kappa shape index (κ3) is 2.60. The van der Waals surface area contributed by atoms with Crippen molar-refractivity contribution in [2.45, 2.75) is 18.8 Å². The van der Waals surface area contributed by atoms with Crippen LogP contribution in [-0.2, 0) is 11.3 Å². The first-order valence-electron chi connectivity index (χ1n) is 5.73. The van der Waals surface area contributed by atoms with E-state index in [2.05, 4.69) is 9.97 Å². The standard InChI is InChI=1S/C11H16N4O4/c1-19-8(5-16)7(17)4-15-3-2-6-9(15)13-11(12)14-10(6)18/h2-3,7-8,16-17H,4-5H2,1H3,(H3,12,13,14,18)/t7-,8+/m0/s1. The zero-order valence-electron chi connectivity index (χ0n) is 10.4. The van der Waals surface area contributed by atoms with Gasteiger partial charge >= 0.3 is 0 Å². The summed E-state index contributed by atoms with van der Waals surface area (Å²) in [5.41, 5.74) is 5.54. The number of nitrogens with one attached hydrogen (secondary N) is 1. The number of aromatic nitrogens is 3. The molecule has 2 aromatic rings. The van der Waals surface area contributed by atoms with Gasteiger partial charge in [-0.3, -0.25) is 9.78 Å². The van der Waals surface area contributed by atoms with Crippen LogP contribution in [0.4, 0.5) is 5.95 Å². The summed E-state index contributed by atoms with van der Waals surface area (Å²) in [7, 11) is 1.40. The predicted molar refractivity (Wildman–Crippen MR) is 68.7 cm³/mol. The van der Waals surface area contributed by atoms with Crippen molar-refractivity contribution in [3.05, 3.63) is 22.6 Å². The molecule has 0 bridgehead atoms. The number of methoxy groups -OCH3 is 1. The first-order valence-corrected chi connectivity index (χ1v) is 5.73. The molecule has 5 N–H and O–H groups in total. The van der Waals surface area contributed by atoms with Crippen LogP contribution in [-0.4, -0.2) is 50.7 Å². The lowest BCUT2D eigenvalue weighted by atomic mass is 10.2. The van der Waals surface area contributed by atoms with Gasteiger partial charge in [0.25, 0.3) is 5.56 Å². The van der Waals surface area contributed by atoms with E-state index in [0.717, 1.165) is 0 Å². The number of aliphatic hydroxyl groups excluding tert-OH is 2. The molecule has 0 radical (unpaired) electrons. The monoisotopic (exact) mass is 268 g/mol. The highest BCUT2D eigenvalue weighted by Gasteiger charge is 2.19. The summed E-state index contributed by atoms with van der Waals surface area (Å²) in [5.74, 6) is 0.0115. The number of hydrogen-bond acceptors (Lipinski definition) is 6. The molecule has 2 heterocycles. The fourth-order valence-electron chi connectivity index (χ4n) is 1.91. The second kappa shape index (κ2) is 5.39. The molecule has 0 saturated carbocycles. The van der Waals surface area contributed by atoms with Crippen molar-refractivity contribution < 1.29 is 14.9 Å². The lowest BCUT2D eigenvalue weighted by Gasteiger charge is -2.20. The minimum absolute atomic E-state index is 0.0115. The molecule has 0 saturated heterocycles. The van der Waals surface area contributed by atoms with Crippen LogP contribution in [0.2, 0.25) is 0 Å². The van der Waals surface area contributed by atoms with E-state index in [-0.39, 0.29) is 24.7 Å². The van der Waals surface area contributed by atoms with E-state index in [1.165, 1.54) is 7.11 Å². The first kappa shape index (κ1) is 13.5. The van der Waals surface area contributed by atoms with E-state index < -0.39 is 12.2 Å². The number of nitrogen functional groups attached to an aromatic ring is 1. The quantitative estimate of drug-likeness (QED) is 0.532. The van der Waals surface area contributed by atoms with Gasteiger partial charge in [-0.2, -0.15) is 4.98 Å². The number of nitrogens with two attached hydrogens (primary N) is 1. The minimum Gasteiger partial charge on any atom is -0.394 e. The van der Waals surface area contributed by atoms with Gasteiger partial charge < -0.3 is 25.3 Å². The molecule has 0 aliphatic carbocycles. The van der Waals surface area contributed by atoms with Gasteiger partial charge in [0.2, 0.25) is 5.95 Å². The molecule has 2 atom stereocenters. The molecule has 0 aliphatic heterocycles. The van der Waals surface area contributed by atoms with Gasteiger partial charge in [-0.25, -0.2) is 0 Å². The van der Waals surface area contributed by atoms with Crippen molar-refractivity contribution >= 4 is 17.0 Å². The van der Waals surface area contributed by atoms with Crippen LogP contribution in [0.1, 0.15) is 0 Å². The lowest BCUT2D eigenvalue weighted by molar-refractivity contribution is -0.0466. The summed E-state index contributed by atoms with van der Waals surface area (Å²) in [4.78, 5) is 18.1. The third-order valence-electron chi connectivity index (χ3n) is 2.94. The van der Waals surface area contributed by atoms with Gasteiger partial charge in [0.05, 0.1) is 18.5 Å². The second-order valence-corrected chi connectivity index (χ2v) is 4.18. The average Bonchev–Trinajstić information content (AvgIpc) is 2.74. The molecule has 0 amide bonds. The highest BCUT2D eigenvalue weighted by Crippen LogP contribution is 2.12. The second-order valence-electron chi connectivity index (χ2n) is 4.18. The molecule has 19 heavy (non-hydrogen) atoms. The Morgan fingerprint density at radius 2 is 2.37 bits per heavy atom. The van der Waals surface area contributed by atoms with Gasteiger partial charge in [-0.15, -0.1) is 0 Å². The molecule has 104 valence electrons. The molecular weight excluding hydrogens is 252 g/mol. The fraction of sp³-hybridized carbons (Fsp3) is 0.455. The van der Waals surface area contributed by atoms with Crippen LogP contribution in [0.5, 0.6) is 0 Å². The van der Waals surface area contributed by atoms with E-state index in [9.17, 15) is 9.90 Å². The van der Waals surface area contributed by atoms with E-state index in [4.69, 9.17) is 15.6 Å². The number of H-pyrrole nitrogens is 1. The Hall–Kier alpha value is -1.90. The van der Waals surface area contributed by atoms with E-state index in [1.54, 1.807) is 16.8 Å². The Morgan fingerprint density at radius 1 is 1.63 bits per heavy atom. The van der Waals surface area contributed by atoms with Crippen LogP contribution in [0.3, 0.4) is 0 Å². The van der Waals surface area contributed by atoms with Gasteiger partial charge in [0.15, 0.2) is 0 Å². The zero-order chi connectivity index (χ0) is 14.0. The summed E-state index contributed by atoms with van der Waals surface area (Å²) in [6.07, 6.45) is 0.00402. The smallest absolute Gasteiger partial charge is 0.261 e. The number of ether oxygens (including phenoxy) is 1. The summed E-state index contributed by atoms with van der Waals surface area (Å²) in [5, 5.41) is 19.4. The van der Waals surface area contributed by atoms with Crippen molar-refractivity contribution in [2.24, 2.45) is 0 Å². The number of aliphatic hydroxyl groups is 2. The molecule has 8 nitrogen and oxygen atoms in total. The normalized spacial score (nSPS) is 14.7. The summed E-state index contributed by atoms with van der Waals surface area (Å²) in [6, 6.07) is 1.59. The van der Waals surface area contributed by atoms with Crippen LogP contribution in [0.15, 0.2) is 17.1 Å². The molecular formula is C11H16N4O4. The summed E-state index contributed by atoms with van der Waals surface area (Å²) >= 11 is 0. The van der Waals surface area contributed by atoms with Gasteiger partial charge in [-0.1, -0.05) is 0 Å². The van der Waals surface area contributed by atoms with Crippen molar-refractivity contribution in [3.63, 3.8) is 0 Å². The van der Waals surface area contributed by atoms with E-state index in [1.807, 2.05) is 0 Å². The average molecular weight is 268 g/mol. The van der Waals surface area contributed by atoms with Crippen LogP contribution in [0, 0.1) is 0 Å². The molecule has 0 spiro atoms. The van der Waals surface area contributed by atoms with E-state index in [0.29, 0.717) is 11.0 Å². The van der Waals surface area contributed by atoms with Gasteiger partial charge in [-0.05, 0) is 6.07 Å². The van der Waals surface area contributed by atoms with Crippen molar-refractivity contribution in [2.75, 3.05) is 19.5 Å². The molecule has 0 fully saturated rings. The minimum atomic E-state index is -0.923. The number of anilines is 1. The Morgan fingerprint density at radius 3 is 3.00 bits per heavy atom. The zero-order valence-corrected chi connectivity index (χ0v) is 10.4. The topological polar surface area (TPSA) is 126 Å². The number of rotatable bonds is 5. The largest absolute Gasteiger partial charge is 0.394 e. The highest BCUT2D eigenvalue weighted by atomic mass is 16.5. The maximum absolute atomic E-state index is 11.6. The number of fused-ring (bicyclic) bond motifs is 1. The summed E-state index contributed by atoms with van der Waals surface area (Å²) in [6.45, 7) is -0.161. The SMILES string of the molecule is CO[C@H](CO)[C@@H](O)Cn1ccc2c(=O)[nH]c(N)nc21. The third-order valence-corrected chi connectivity index (χ3v) is 2.94. The van der Waals surface area contributed by atoms with Crippen molar-refractivity contribution in [3.8, 4) is 0 Å². The highest BCUT2D eigenvalue weighted by molar-refractivity contribution is 5.75. The van der Waals surface area contributed by atoms with Crippen LogP contribution < -0.4 is 11.3 Å². The molecule has 2 aromatic heterocycles. The molecule has 0 unspecified atom stereocenters. The first-order chi connectivity index (χ1) is 9.06. The summed E-state index contributed by atoms with van der Waals surface area (Å²) < 4.78 is 6.53.